The number of aromatic nitrogens is 3. The summed E-state index contributed by atoms with van der Waals surface area (Å²) in [6.45, 7) is 5.00. The Bertz CT molecular complexity index is 588. The van der Waals surface area contributed by atoms with Crippen LogP contribution in [0.25, 0.3) is 0 Å². The molecular formula is C15H21N5O. The smallest absolute Gasteiger partial charge is 0.322 e. The fourth-order valence-electron chi connectivity index (χ4n) is 1.89. The number of nitrogens with zero attached hydrogens (tertiary/aromatic N) is 3. The van der Waals surface area contributed by atoms with Crippen molar-refractivity contribution < 1.29 is 4.74 Å². The zero-order valence-corrected chi connectivity index (χ0v) is 12.7. The highest BCUT2D eigenvalue weighted by molar-refractivity contribution is 5.59. The first kappa shape index (κ1) is 15.0. The number of nitrogens with one attached hydrogen (secondary N) is 2. The van der Waals surface area contributed by atoms with Crippen molar-refractivity contribution >= 4 is 17.6 Å². The highest BCUT2D eigenvalue weighted by Gasteiger charge is 2.08. The normalized spacial score (nSPS) is 10.2. The maximum Gasteiger partial charge on any atom is 0.322 e. The van der Waals surface area contributed by atoms with Crippen molar-refractivity contribution in [3.8, 4) is 6.01 Å². The van der Waals surface area contributed by atoms with E-state index in [4.69, 9.17) is 4.74 Å². The fourth-order valence-corrected chi connectivity index (χ4v) is 1.89. The summed E-state index contributed by atoms with van der Waals surface area (Å²) < 4.78 is 5.13. The average molecular weight is 287 g/mol. The summed E-state index contributed by atoms with van der Waals surface area (Å²) in [6.07, 6.45) is 1.93. The fraction of sp³-hybridized carbons (Fsp3) is 0.400. The zero-order chi connectivity index (χ0) is 15.1. The zero-order valence-electron chi connectivity index (χ0n) is 12.7. The first-order valence-corrected chi connectivity index (χ1v) is 7.15. The van der Waals surface area contributed by atoms with E-state index in [0.29, 0.717) is 17.9 Å². The summed E-state index contributed by atoms with van der Waals surface area (Å²) in [5.74, 6) is 0.988. The van der Waals surface area contributed by atoms with Crippen molar-refractivity contribution in [2.45, 2.75) is 26.7 Å². The molecule has 21 heavy (non-hydrogen) atoms. The van der Waals surface area contributed by atoms with E-state index < -0.39 is 0 Å². The quantitative estimate of drug-likeness (QED) is 0.815. The van der Waals surface area contributed by atoms with Gasteiger partial charge in [-0.2, -0.15) is 15.0 Å². The summed E-state index contributed by atoms with van der Waals surface area (Å²) in [6, 6.07) is 8.38. The maximum atomic E-state index is 5.13. The number of ether oxygens (including phenoxy) is 1. The molecule has 0 bridgehead atoms. The molecule has 1 aromatic carbocycles. The number of benzene rings is 1. The monoisotopic (exact) mass is 287 g/mol. The van der Waals surface area contributed by atoms with Crippen LogP contribution < -0.4 is 15.4 Å². The Kier molecular flexibility index (Phi) is 5.31. The molecular weight excluding hydrogens is 266 g/mol. The van der Waals surface area contributed by atoms with Crippen LogP contribution in [0.5, 0.6) is 6.01 Å². The van der Waals surface area contributed by atoms with Gasteiger partial charge in [-0.25, -0.2) is 0 Å². The summed E-state index contributed by atoms with van der Waals surface area (Å²) >= 11 is 0. The lowest BCUT2D eigenvalue weighted by molar-refractivity contribution is 0.379. The molecule has 1 heterocycles. The Hall–Kier alpha value is -2.37. The van der Waals surface area contributed by atoms with Gasteiger partial charge < -0.3 is 15.4 Å². The number of hydrogen-bond acceptors (Lipinski definition) is 6. The number of methoxy groups -OCH3 is 1. The minimum atomic E-state index is 0.292. The lowest BCUT2D eigenvalue weighted by atomic mass is 10.1. The highest BCUT2D eigenvalue weighted by Crippen LogP contribution is 2.20. The topological polar surface area (TPSA) is 72.0 Å². The molecule has 112 valence electrons. The second kappa shape index (κ2) is 7.42. The van der Waals surface area contributed by atoms with Crippen molar-refractivity contribution in [1.82, 2.24) is 15.0 Å². The number of hydrogen-bond donors (Lipinski definition) is 2. The molecule has 0 saturated carbocycles. The predicted octanol–water partition coefficient (Wildman–Crippen LogP) is 3.01. The first-order valence-electron chi connectivity index (χ1n) is 7.15. The van der Waals surface area contributed by atoms with Crippen LogP contribution in [0.3, 0.4) is 0 Å². The van der Waals surface area contributed by atoms with Gasteiger partial charge in [0.25, 0.3) is 0 Å². The van der Waals surface area contributed by atoms with Crippen LogP contribution in [0.4, 0.5) is 17.6 Å². The Balaban J connectivity index is 2.25. The van der Waals surface area contributed by atoms with Gasteiger partial charge in [0, 0.05) is 12.2 Å². The van der Waals surface area contributed by atoms with E-state index in [0.717, 1.165) is 25.1 Å². The molecule has 0 amide bonds. The minimum absolute atomic E-state index is 0.292. The number of anilines is 3. The van der Waals surface area contributed by atoms with Crippen LogP contribution in [0.2, 0.25) is 0 Å². The molecule has 1 aromatic heterocycles. The number of rotatable bonds is 7. The Morgan fingerprint density at radius 1 is 1.05 bits per heavy atom. The van der Waals surface area contributed by atoms with Gasteiger partial charge in [-0.05, 0) is 24.5 Å². The van der Waals surface area contributed by atoms with Gasteiger partial charge in [0.15, 0.2) is 0 Å². The molecule has 0 aliphatic carbocycles. The number of aryl methyl sites for hydroxylation is 1. The van der Waals surface area contributed by atoms with Gasteiger partial charge in [0.2, 0.25) is 11.9 Å². The van der Waals surface area contributed by atoms with Gasteiger partial charge in [-0.15, -0.1) is 0 Å². The van der Waals surface area contributed by atoms with Crippen LogP contribution in [0, 0.1) is 0 Å². The van der Waals surface area contributed by atoms with Gasteiger partial charge in [0.05, 0.1) is 7.11 Å². The SMILES string of the molecule is CCCNc1nc(Nc2ccccc2CC)nc(OC)n1. The van der Waals surface area contributed by atoms with E-state index in [1.807, 2.05) is 18.2 Å². The maximum absolute atomic E-state index is 5.13. The Morgan fingerprint density at radius 2 is 1.81 bits per heavy atom. The average Bonchev–Trinajstić information content (AvgIpc) is 2.53. The lowest BCUT2D eigenvalue weighted by Gasteiger charge is -2.11. The molecule has 6 heteroatoms. The third-order valence-corrected chi connectivity index (χ3v) is 2.98. The van der Waals surface area contributed by atoms with E-state index in [1.54, 1.807) is 7.11 Å². The van der Waals surface area contributed by atoms with Crippen molar-refractivity contribution in [2.75, 3.05) is 24.3 Å². The van der Waals surface area contributed by atoms with Crippen molar-refractivity contribution in [3.05, 3.63) is 29.8 Å². The van der Waals surface area contributed by atoms with Crippen LogP contribution in [0.1, 0.15) is 25.8 Å². The third kappa shape index (κ3) is 4.05. The van der Waals surface area contributed by atoms with Crippen molar-refractivity contribution in [2.24, 2.45) is 0 Å². The molecule has 0 unspecified atom stereocenters. The lowest BCUT2D eigenvalue weighted by Crippen LogP contribution is -2.09. The minimum Gasteiger partial charge on any atom is -0.467 e. The first-order chi connectivity index (χ1) is 10.3. The van der Waals surface area contributed by atoms with Gasteiger partial charge in [0.1, 0.15) is 0 Å². The molecule has 2 aromatic rings. The Morgan fingerprint density at radius 3 is 2.52 bits per heavy atom. The molecule has 0 spiro atoms. The second-order valence-corrected chi connectivity index (χ2v) is 4.53. The highest BCUT2D eigenvalue weighted by atomic mass is 16.5. The summed E-state index contributed by atoms with van der Waals surface area (Å²) in [7, 11) is 1.54. The van der Waals surface area contributed by atoms with Gasteiger partial charge >= 0.3 is 6.01 Å². The molecule has 0 saturated heterocycles. The predicted molar refractivity (Wildman–Crippen MR) is 84.3 cm³/mol. The molecule has 6 nitrogen and oxygen atoms in total. The molecule has 0 aliphatic rings. The third-order valence-electron chi connectivity index (χ3n) is 2.98. The molecule has 2 rings (SSSR count). The largest absolute Gasteiger partial charge is 0.467 e. The van der Waals surface area contributed by atoms with E-state index >= 15 is 0 Å². The van der Waals surface area contributed by atoms with Crippen molar-refractivity contribution in [3.63, 3.8) is 0 Å². The molecule has 0 aliphatic heterocycles. The van der Waals surface area contributed by atoms with Crippen molar-refractivity contribution in [1.29, 1.82) is 0 Å². The molecule has 0 fully saturated rings. The van der Waals surface area contributed by atoms with Crippen LogP contribution >= 0.6 is 0 Å². The van der Waals surface area contributed by atoms with Crippen LogP contribution in [-0.2, 0) is 6.42 Å². The van der Waals surface area contributed by atoms with Gasteiger partial charge in [-0.1, -0.05) is 32.0 Å². The van der Waals surface area contributed by atoms with Crippen LogP contribution in [-0.4, -0.2) is 28.6 Å². The van der Waals surface area contributed by atoms with Gasteiger partial charge in [-0.3, -0.25) is 0 Å². The number of para-hydroxylation sites is 1. The van der Waals surface area contributed by atoms with E-state index in [1.165, 1.54) is 5.56 Å². The van der Waals surface area contributed by atoms with E-state index in [2.05, 4.69) is 45.5 Å². The molecule has 0 radical (unpaired) electrons. The summed E-state index contributed by atoms with van der Waals surface area (Å²) in [5, 5.41) is 6.37. The Labute approximate surface area is 125 Å². The standard InChI is InChI=1S/C15H21N5O/c1-4-10-16-13-18-14(20-15(19-13)21-3)17-12-9-7-6-8-11(12)5-2/h6-9H,4-5,10H2,1-3H3,(H2,16,17,18,19,20). The van der Waals surface area contributed by atoms with E-state index in [-0.39, 0.29) is 0 Å². The molecule has 0 atom stereocenters. The summed E-state index contributed by atoms with van der Waals surface area (Å²) in [5.41, 5.74) is 2.20. The van der Waals surface area contributed by atoms with E-state index in [9.17, 15) is 0 Å². The molecule has 2 N–H and O–H groups in total. The second-order valence-electron chi connectivity index (χ2n) is 4.53. The summed E-state index contributed by atoms with van der Waals surface area (Å²) in [4.78, 5) is 12.8. The van der Waals surface area contributed by atoms with Crippen LogP contribution in [0.15, 0.2) is 24.3 Å².